The third kappa shape index (κ3) is 4.45. The van der Waals surface area contributed by atoms with Crippen LogP contribution in [0.2, 0.25) is 0 Å². The highest BCUT2D eigenvalue weighted by Crippen LogP contribution is 2.24. The van der Waals surface area contributed by atoms with Gasteiger partial charge in [0.25, 0.3) is 11.5 Å². The molecule has 208 valence electrons. The SMILES string of the molecule is CC(NC(=O)c1c(N)nn2cccnc12)c1cc2cccc(C#Cc3cnn4ccccc34)c2c(=O)n1-c1ccccc1. The van der Waals surface area contributed by atoms with Gasteiger partial charge in [-0.25, -0.2) is 14.0 Å². The minimum Gasteiger partial charge on any atom is -0.381 e. The Hall–Kier alpha value is -6.21. The van der Waals surface area contributed by atoms with Crippen molar-refractivity contribution in [3.05, 3.63) is 136 Å². The zero-order valence-electron chi connectivity index (χ0n) is 23.0. The van der Waals surface area contributed by atoms with Crippen LogP contribution in [0.4, 0.5) is 5.82 Å². The lowest BCUT2D eigenvalue weighted by Gasteiger charge is -2.21. The number of nitrogens with zero attached hydrogens (tertiary/aromatic N) is 6. The van der Waals surface area contributed by atoms with Gasteiger partial charge in [0, 0.05) is 35.5 Å². The molecule has 0 radical (unpaired) electrons. The molecule has 0 fully saturated rings. The first-order valence-electron chi connectivity index (χ1n) is 13.6. The number of hydrogen-bond acceptors (Lipinski definition) is 6. The van der Waals surface area contributed by atoms with Crippen molar-refractivity contribution in [3.63, 3.8) is 0 Å². The second-order valence-electron chi connectivity index (χ2n) is 10.00. The monoisotopic (exact) mass is 564 g/mol. The van der Waals surface area contributed by atoms with Gasteiger partial charge in [-0.2, -0.15) is 5.10 Å². The number of para-hydroxylation sites is 1. The van der Waals surface area contributed by atoms with Crippen LogP contribution >= 0.6 is 0 Å². The van der Waals surface area contributed by atoms with Crippen LogP contribution in [0.3, 0.4) is 0 Å². The van der Waals surface area contributed by atoms with Crippen molar-refractivity contribution < 1.29 is 4.79 Å². The van der Waals surface area contributed by atoms with Crippen LogP contribution in [0.15, 0.2) is 108 Å². The molecule has 3 N–H and O–H groups in total. The summed E-state index contributed by atoms with van der Waals surface area (Å²) in [6.07, 6.45) is 6.82. The number of pyridine rings is 2. The maximum atomic E-state index is 14.3. The van der Waals surface area contributed by atoms with E-state index in [1.807, 2.05) is 85.9 Å². The molecule has 1 unspecified atom stereocenters. The Bertz CT molecular complexity index is 2300. The number of nitrogens with two attached hydrogens (primary N) is 1. The molecule has 10 nitrogen and oxygen atoms in total. The van der Waals surface area contributed by atoms with Gasteiger partial charge in [0.2, 0.25) is 0 Å². The Morgan fingerprint density at radius 1 is 0.930 bits per heavy atom. The van der Waals surface area contributed by atoms with Gasteiger partial charge in [-0.05, 0) is 54.8 Å². The number of rotatable bonds is 4. The molecule has 1 amide bonds. The van der Waals surface area contributed by atoms with Gasteiger partial charge >= 0.3 is 0 Å². The van der Waals surface area contributed by atoms with E-state index in [2.05, 4.69) is 32.3 Å². The van der Waals surface area contributed by atoms with Crippen molar-refractivity contribution >= 4 is 33.7 Å². The van der Waals surface area contributed by atoms with Crippen molar-refractivity contribution in [1.82, 2.24) is 34.1 Å². The summed E-state index contributed by atoms with van der Waals surface area (Å²) >= 11 is 0. The van der Waals surface area contributed by atoms with Gasteiger partial charge in [-0.3, -0.25) is 14.2 Å². The lowest BCUT2D eigenvalue weighted by atomic mass is 10.0. The molecule has 0 aliphatic carbocycles. The first-order chi connectivity index (χ1) is 21.0. The molecular formula is C33H24N8O2. The topological polar surface area (TPSA) is 125 Å². The van der Waals surface area contributed by atoms with E-state index >= 15 is 0 Å². The standard InChI is InChI=1S/C33H24N8O2/c1-21(37-32(42)29-30(34)38-40-18-8-16-35-31(29)40)27-19-23-10-7-9-22(14-15-24-20-36-39-17-6-5-13-26(24)39)28(23)33(43)41(27)25-11-3-2-4-12-25/h2-13,16-21H,1H3,(H2,34,38)(H,37,42). The third-order valence-electron chi connectivity index (χ3n) is 7.29. The number of aromatic nitrogens is 6. The van der Waals surface area contributed by atoms with Crippen LogP contribution < -0.4 is 16.6 Å². The normalized spacial score (nSPS) is 11.8. The van der Waals surface area contributed by atoms with Gasteiger partial charge in [-0.15, -0.1) is 5.10 Å². The van der Waals surface area contributed by atoms with Gasteiger partial charge in [0.05, 0.1) is 28.7 Å². The van der Waals surface area contributed by atoms with E-state index in [4.69, 9.17) is 5.73 Å². The first-order valence-corrected chi connectivity index (χ1v) is 13.6. The fraction of sp³-hybridized carbons (Fsp3) is 0.0606. The highest BCUT2D eigenvalue weighted by molar-refractivity contribution is 6.04. The molecule has 1 atom stereocenters. The largest absolute Gasteiger partial charge is 0.381 e. The first kappa shape index (κ1) is 25.7. The average Bonchev–Trinajstić information content (AvgIpc) is 3.60. The number of amides is 1. The van der Waals surface area contributed by atoms with Crippen molar-refractivity contribution in [2.45, 2.75) is 13.0 Å². The highest BCUT2D eigenvalue weighted by atomic mass is 16.2. The minimum atomic E-state index is -0.587. The van der Waals surface area contributed by atoms with E-state index < -0.39 is 11.9 Å². The number of fused-ring (bicyclic) bond motifs is 3. The maximum Gasteiger partial charge on any atom is 0.264 e. The molecule has 0 bridgehead atoms. The zero-order chi connectivity index (χ0) is 29.5. The number of anilines is 1. The van der Waals surface area contributed by atoms with E-state index in [1.54, 1.807) is 33.7 Å². The van der Waals surface area contributed by atoms with E-state index in [0.29, 0.717) is 33.4 Å². The Labute approximate surface area is 245 Å². The number of carbonyl (C=O) groups excluding carboxylic acids is 1. The van der Waals surface area contributed by atoms with Crippen LogP contribution in [-0.4, -0.2) is 34.7 Å². The van der Waals surface area contributed by atoms with Crippen molar-refractivity contribution in [1.29, 1.82) is 0 Å². The molecule has 0 saturated carbocycles. The van der Waals surface area contributed by atoms with Crippen molar-refractivity contribution in [2.75, 3.05) is 5.73 Å². The number of benzene rings is 2. The molecule has 0 spiro atoms. The molecule has 2 aromatic carbocycles. The van der Waals surface area contributed by atoms with Crippen LogP contribution in [-0.2, 0) is 0 Å². The molecule has 0 aliphatic rings. The third-order valence-corrected chi connectivity index (χ3v) is 7.29. The molecule has 5 heterocycles. The average molecular weight is 565 g/mol. The summed E-state index contributed by atoms with van der Waals surface area (Å²) in [4.78, 5) is 32.1. The zero-order valence-corrected chi connectivity index (χ0v) is 23.0. The summed E-state index contributed by atoms with van der Waals surface area (Å²) in [5.41, 5.74) is 9.85. The molecule has 0 saturated heterocycles. The minimum absolute atomic E-state index is 0.0665. The summed E-state index contributed by atoms with van der Waals surface area (Å²) < 4.78 is 4.83. The second kappa shape index (κ2) is 10.3. The highest BCUT2D eigenvalue weighted by Gasteiger charge is 2.24. The molecule has 0 aliphatic heterocycles. The summed E-state index contributed by atoms with van der Waals surface area (Å²) in [6, 6.07) is 23.7. The Balaban J connectivity index is 1.35. The smallest absolute Gasteiger partial charge is 0.264 e. The number of nitrogens with one attached hydrogen (secondary N) is 1. The Morgan fingerprint density at radius 3 is 2.58 bits per heavy atom. The number of nitrogen functional groups attached to an aromatic ring is 1. The summed E-state index contributed by atoms with van der Waals surface area (Å²) in [7, 11) is 0. The molecular weight excluding hydrogens is 540 g/mol. The van der Waals surface area contributed by atoms with Crippen LogP contribution in [0.25, 0.3) is 27.6 Å². The predicted octanol–water partition coefficient (Wildman–Crippen LogP) is 4.15. The van der Waals surface area contributed by atoms with Crippen LogP contribution in [0.5, 0.6) is 0 Å². The fourth-order valence-corrected chi connectivity index (χ4v) is 5.28. The Kier molecular flexibility index (Phi) is 6.18. The van der Waals surface area contributed by atoms with Crippen molar-refractivity contribution in [3.8, 4) is 17.5 Å². The van der Waals surface area contributed by atoms with E-state index in [0.717, 1.165) is 11.1 Å². The number of carbonyl (C=O) groups is 1. The van der Waals surface area contributed by atoms with Crippen molar-refractivity contribution in [2.24, 2.45) is 0 Å². The molecule has 7 rings (SSSR count). The van der Waals surface area contributed by atoms with Crippen LogP contribution in [0, 0.1) is 11.8 Å². The second-order valence-corrected chi connectivity index (χ2v) is 10.00. The molecule has 43 heavy (non-hydrogen) atoms. The fourth-order valence-electron chi connectivity index (χ4n) is 5.28. The quantitative estimate of drug-likeness (QED) is 0.310. The van der Waals surface area contributed by atoms with Gasteiger partial charge < -0.3 is 11.1 Å². The molecule has 10 heteroatoms. The Morgan fingerprint density at radius 2 is 1.72 bits per heavy atom. The van der Waals surface area contributed by atoms with Crippen LogP contribution in [0.1, 0.15) is 40.1 Å². The molecule has 5 aromatic heterocycles. The number of hydrogen-bond donors (Lipinski definition) is 2. The maximum absolute atomic E-state index is 14.3. The summed E-state index contributed by atoms with van der Waals surface area (Å²) in [5.74, 6) is 6.03. The van der Waals surface area contributed by atoms with E-state index in [1.165, 1.54) is 4.52 Å². The van der Waals surface area contributed by atoms with Gasteiger partial charge in [0.1, 0.15) is 5.56 Å². The summed E-state index contributed by atoms with van der Waals surface area (Å²) in [5, 5.41) is 12.7. The van der Waals surface area contributed by atoms with E-state index in [-0.39, 0.29) is 16.9 Å². The predicted molar refractivity (Wildman–Crippen MR) is 164 cm³/mol. The summed E-state index contributed by atoms with van der Waals surface area (Å²) in [6.45, 7) is 1.82. The van der Waals surface area contributed by atoms with E-state index in [9.17, 15) is 9.59 Å². The molecule has 7 aromatic rings. The lowest BCUT2D eigenvalue weighted by Crippen LogP contribution is -2.32. The van der Waals surface area contributed by atoms with Gasteiger partial charge in [0.15, 0.2) is 11.5 Å². The van der Waals surface area contributed by atoms with Gasteiger partial charge in [-0.1, -0.05) is 48.2 Å². The lowest BCUT2D eigenvalue weighted by molar-refractivity contribution is 0.0941.